The van der Waals surface area contributed by atoms with E-state index in [-0.39, 0.29) is 21.7 Å². The van der Waals surface area contributed by atoms with Crippen LogP contribution in [0.25, 0.3) is 0 Å². The van der Waals surface area contributed by atoms with Crippen LogP contribution >= 0.6 is 15.9 Å². The standard InChI is InChI=1S/C14H8BrN3O2S/c15-12-6-5-10(8-16)13(7-12)18-21(19,20)14-4-2-1-3-11(14)9-17/h1-7,18H. The van der Waals surface area contributed by atoms with Gasteiger partial charge in [-0.05, 0) is 30.3 Å². The zero-order valence-electron chi connectivity index (χ0n) is 10.5. The maximum absolute atomic E-state index is 12.4. The zero-order chi connectivity index (χ0) is 15.5. The summed E-state index contributed by atoms with van der Waals surface area (Å²) in [6, 6.07) is 14.2. The molecular formula is C14H8BrN3O2S. The molecular weight excluding hydrogens is 354 g/mol. The average Bonchev–Trinajstić information content (AvgIpc) is 2.47. The van der Waals surface area contributed by atoms with E-state index in [1.165, 1.54) is 30.3 Å². The van der Waals surface area contributed by atoms with Crippen LogP contribution in [-0.2, 0) is 10.0 Å². The minimum atomic E-state index is -3.95. The van der Waals surface area contributed by atoms with Crippen molar-refractivity contribution < 1.29 is 8.42 Å². The largest absolute Gasteiger partial charge is 0.278 e. The van der Waals surface area contributed by atoms with Gasteiger partial charge in [-0.2, -0.15) is 10.5 Å². The molecule has 0 unspecified atom stereocenters. The Morgan fingerprint density at radius 1 is 1.00 bits per heavy atom. The van der Waals surface area contributed by atoms with Crippen LogP contribution in [0.15, 0.2) is 51.8 Å². The molecule has 0 spiro atoms. The maximum atomic E-state index is 12.4. The molecule has 0 bridgehead atoms. The van der Waals surface area contributed by atoms with Gasteiger partial charge in [0.1, 0.15) is 17.0 Å². The molecule has 0 aromatic heterocycles. The van der Waals surface area contributed by atoms with Crippen molar-refractivity contribution in [2.75, 3.05) is 4.72 Å². The fourth-order valence-corrected chi connectivity index (χ4v) is 3.28. The summed E-state index contributed by atoms with van der Waals surface area (Å²) < 4.78 is 27.7. The van der Waals surface area contributed by atoms with Crippen molar-refractivity contribution in [1.82, 2.24) is 0 Å². The van der Waals surface area contributed by atoms with Crippen molar-refractivity contribution >= 4 is 31.6 Å². The third kappa shape index (κ3) is 3.22. The van der Waals surface area contributed by atoms with E-state index in [0.717, 1.165) is 0 Å². The molecule has 0 aliphatic rings. The quantitative estimate of drug-likeness (QED) is 0.908. The molecule has 0 radical (unpaired) electrons. The Bertz CT molecular complexity index is 880. The fraction of sp³-hybridized carbons (Fsp3) is 0. The minimum absolute atomic E-state index is 0.0403. The summed E-state index contributed by atoms with van der Waals surface area (Å²) in [5.41, 5.74) is 0.384. The normalized spacial score (nSPS) is 10.4. The molecule has 0 amide bonds. The van der Waals surface area contributed by atoms with Gasteiger partial charge >= 0.3 is 0 Å². The number of anilines is 1. The Morgan fingerprint density at radius 2 is 1.67 bits per heavy atom. The fourth-order valence-electron chi connectivity index (χ4n) is 1.69. The summed E-state index contributed by atoms with van der Waals surface area (Å²) in [5.74, 6) is 0. The van der Waals surface area contributed by atoms with Gasteiger partial charge in [-0.25, -0.2) is 8.42 Å². The van der Waals surface area contributed by atoms with E-state index in [0.29, 0.717) is 4.47 Å². The van der Waals surface area contributed by atoms with Gasteiger partial charge in [-0.3, -0.25) is 4.72 Å². The van der Waals surface area contributed by atoms with Crippen molar-refractivity contribution in [2.24, 2.45) is 0 Å². The highest BCUT2D eigenvalue weighted by Crippen LogP contribution is 2.25. The molecule has 2 rings (SSSR count). The van der Waals surface area contributed by atoms with E-state index in [9.17, 15) is 8.42 Å². The van der Waals surface area contributed by atoms with E-state index in [2.05, 4.69) is 20.7 Å². The van der Waals surface area contributed by atoms with Crippen molar-refractivity contribution in [3.8, 4) is 12.1 Å². The monoisotopic (exact) mass is 361 g/mol. The molecule has 104 valence electrons. The third-order valence-electron chi connectivity index (χ3n) is 2.64. The number of hydrogen-bond acceptors (Lipinski definition) is 4. The highest BCUT2D eigenvalue weighted by Gasteiger charge is 2.19. The molecule has 0 saturated carbocycles. The van der Waals surface area contributed by atoms with Crippen LogP contribution < -0.4 is 4.72 Å². The maximum Gasteiger partial charge on any atom is 0.263 e. The molecule has 0 aliphatic heterocycles. The van der Waals surface area contributed by atoms with E-state index in [1.54, 1.807) is 12.1 Å². The van der Waals surface area contributed by atoms with E-state index in [1.807, 2.05) is 12.1 Å². The molecule has 0 saturated heterocycles. The SMILES string of the molecule is N#Cc1ccc(Br)cc1NS(=O)(=O)c1ccccc1C#N. The van der Waals surface area contributed by atoms with Crippen LogP contribution in [0.5, 0.6) is 0 Å². The van der Waals surface area contributed by atoms with Crippen LogP contribution in [0.1, 0.15) is 11.1 Å². The number of rotatable bonds is 3. The second kappa shape index (κ2) is 5.96. The first-order valence-corrected chi connectivity index (χ1v) is 7.97. The number of nitrogens with zero attached hydrogens (tertiary/aromatic N) is 2. The highest BCUT2D eigenvalue weighted by molar-refractivity contribution is 9.10. The van der Waals surface area contributed by atoms with Gasteiger partial charge in [0.25, 0.3) is 10.0 Å². The smallest absolute Gasteiger partial charge is 0.263 e. The number of sulfonamides is 1. The number of halogens is 1. The lowest BCUT2D eigenvalue weighted by molar-refractivity contribution is 0.601. The first kappa shape index (κ1) is 15.0. The van der Waals surface area contributed by atoms with Crippen LogP contribution in [0.4, 0.5) is 5.69 Å². The summed E-state index contributed by atoms with van der Waals surface area (Å²) in [5, 5.41) is 18.0. The Kier molecular flexibility index (Phi) is 4.27. The van der Waals surface area contributed by atoms with Gasteiger partial charge in [-0.1, -0.05) is 28.1 Å². The van der Waals surface area contributed by atoms with Crippen LogP contribution in [0.2, 0.25) is 0 Å². The van der Waals surface area contributed by atoms with Crippen LogP contribution in [0.3, 0.4) is 0 Å². The van der Waals surface area contributed by atoms with Gasteiger partial charge in [0, 0.05) is 4.47 Å². The molecule has 0 fully saturated rings. The summed E-state index contributed by atoms with van der Waals surface area (Å²) in [4.78, 5) is -0.128. The summed E-state index contributed by atoms with van der Waals surface area (Å²) in [7, 11) is -3.95. The highest BCUT2D eigenvalue weighted by atomic mass is 79.9. The van der Waals surface area contributed by atoms with Crippen LogP contribution in [0, 0.1) is 22.7 Å². The summed E-state index contributed by atoms with van der Waals surface area (Å²) in [6.07, 6.45) is 0. The van der Waals surface area contributed by atoms with Crippen LogP contribution in [-0.4, -0.2) is 8.42 Å². The molecule has 0 atom stereocenters. The molecule has 21 heavy (non-hydrogen) atoms. The Hall–Kier alpha value is -2.35. The lowest BCUT2D eigenvalue weighted by atomic mass is 10.2. The van der Waals surface area contributed by atoms with Gasteiger partial charge in [0.05, 0.1) is 16.8 Å². The molecule has 7 heteroatoms. The van der Waals surface area contributed by atoms with Gasteiger partial charge in [0.15, 0.2) is 0 Å². The average molecular weight is 362 g/mol. The van der Waals surface area contributed by atoms with Crippen molar-refractivity contribution in [2.45, 2.75) is 4.90 Å². The molecule has 1 N–H and O–H groups in total. The number of benzene rings is 2. The number of nitrogens with one attached hydrogen (secondary N) is 1. The van der Waals surface area contributed by atoms with E-state index >= 15 is 0 Å². The topological polar surface area (TPSA) is 93.8 Å². The summed E-state index contributed by atoms with van der Waals surface area (Å²) in [6.45, 7) is 0. The Labute approximate surface area is 130 Å². The molecule has 5 nitrogen and oxygen atoms in total. The molecule has 2 aromatic rings. The predicted octanol–water partition coefficient (Wildman–Crippen LogP) is 2.99. The van der Waals surface area contributed by atoms with Crippen molar-refractivity contribution in [3.63, 3.8) is 0 Å². The predicted molar refractivity (Wildman–Crippen MR) is 80.8 cm³/mol. The second-order valence-electron chi connectivity index (χ2n) is 4.02. The second-order valence-corrected chi connectivity index (χ2v) is 6.58. The van der Waals surface area contributed by atoms with Gasteiger partial charge < -0.3 is 0 Å². The number of nitriles is 2. The Balaban J connectivity index is 2.51. The molecule has 0 heterocycles. The lowest BCUT2D eigenvalue weighted by Gasteiger charge is -2.10. The zero-order valence-corrected chi connectivity index (χ0v) is 12.9. The Morgan fingerprint density at radius 3 is 2.33 bits per heavy atom. The van der Waals surface area contributed by atoms with E-state index < -0.39 is 10.0 Å². The van der Waals surface area contributed by atoms with Gasteiger partial charge in [0.2, 0.25) is 0 Å². The number of hydrogen-bond donors (Lipinski definition) is 1. The first-order chi connectivity index (χ1) is 9.97. The summed E-state index contributed by atoms with van der Waals surface area (Å²) >= 11 is 3.22. The van der Waals surface area contributed by atoms with Crippen molar-refractivity contribution in [1.29, 1.82) is 10.5 Å². The van der Waals surface area contributed by atoms with E-state index in [4.69, 9.17) is 10.5 Å². The molecule has 2 aromatic carbocycles. The lowest BCUT2D eigenvalue weighted by Crippen LogP contribution is -2.15. The van der Waals surface area contributed by atoms with Crippen molar-refractivity contribution in [3.05, 3.63) is 58.1 Å². The minimum Gasteiger partial charge on any atom is -0.278 e. The van der Waals surface area contributed by atoms with Gasteiger partial charge in [-0.15, -0.1) is 0 Å². The third-order valence-corrected chi connectivity index (χ3v) is 4.56. The molecule has 0 aliphatic carbocycles. The first-order valence-electron chi connectivity index (χ1n) is 5.69.